The molecule has 0 radical (unpaired) electrons. The van der Waals surface area contributed by atoms with Gasteiger partial charge in [0.1, 0.15) is 0 Å². The molecule has 0 saturated heterocycles. The number of hydrogen-bond acceptors (Lipinski definition) is 3. The molecule has 182 valence electrons. The molecule has 0 saturated carbocycles. The van der Waals surface area contributed by atoms with Gasteiger partial charge in [-0.2, -0.15) is 8.42 Å². The fourth-order valence-corrected chi connectivity index (χ4v) is 4.52. The highest BCUT2D eigenvalue weighted by Crippen LogP contribution is 2.15. The van der Waals surface area contributed by atoms with Crippen LogP contribution in [0.15, 0.2) is 0 Å². The van der Waals surface area contributed by atoms with Crippen molar-refractivity contribution in [1.29, 1.82) is 0 Å². The zero-order chi connectivity index (χ0) is 22.3. The summed E-state index contributed by atoms with van der Waals surface area (Å²) in [6.45, 7) is 4.87. The van der Waals surface area contributed by atoms with Gasteiger partial charge < -0.3 is 5.32 Å². The van der Waals surface area contributed by atoms with Crippen molar-refractivity contribution in [3.05, 3.63) is 0 Å². The summed E-state index contributed by atoms with van der Waals surface area (Å²) >= 11 is 0. The zero-order valence-electron chi connectivity index (χ0n) is 20.3. The van der Waals surface area contributed by atoms with Crippen molar-refractivity contribution in [1.82, 2.24) is 5.32 Å². The second kappa shape index (κ2) is 22.1. The van der Waals surface area contributed by atoms with Gasteiger partial charge in [0.2, 0.25) is 0 Å². The van der Waals surface area contributed by atoms with Crippen LogP contribution in [0.4, 0.5) is 0 Å². The Morgan fingerprint density at radius 2 is 0.933 bits per heavy atom. The van der Waals surface area contributed by atoms with Crippen LogP contribution in [0, 0.1) is 0 Å². The van der Waals surface area contributed by atoms with Gasteiger partial charge in [-0.1, -0.05) is 129 Å². The quantitative estimate of drug-likeness (QED) is 0.118. The second-order valence-corrected chi connectivity index (χ2v) is 10.7. The van der Waals surface area contributed by atoms with Gasteiger partial charge >= 0.3 is 0 Å². The Balaban J connectivity index is 3.82. The summed E-state index contributed by atoms with van der Waals surface area (Å²) in [5.41, 5.74) is 0. The molecule has 4 nitrogen and oxygen atoms in total. The highest BCUT2D eigenvalue weighted by atomic mass is 32.2. The second-order valence-electron chi connectivity index (χ2n) is 9.17. The molecule has 0 aromatic carbocycles. The molecule has 0 heterocycles. The molecule has 0 aliphatic heterocycles. The van der Waals surface area contributed by atoms with E-state index in [-0.39, 0.29) is 5.75 Å². The first-order chi connectivity index (χ1) is 14.5. The van der Waals surface area contributed by atoms with Crippen molar-refractivity contribution in [2.45, 2.75) is 148 Å². The van der Waals surface area contributed by atoms with Gasteiger partial charge in [-0.05, 0) is 12.8 Å². The Morgan fingerprint density at radius 3 is 1.27 bits per heavy atom. The van der Waals surface area contributed by atoms with E-state index in [1.807, 2.05) is 0 Å². The van der Waals surface area contributed by atoms with Crippen LogP contribution in [-0.2, 0) is 10.1 Å². The monoisotopic (exact) mass is 447 g/mol. The summed E-state index contributed by atoms with van der Waals surface area (Å²) in [5.74, 6) is -0.182. The molecule has 2 N–H and O–H groups in total. The predicted octanol–water partition coefficient (Wildman–Crippen LogP) is 7.67. The molecule has 0 fully saturated rings. The lowest BCUT2D eigenvalue weighted by Crippen LogP contribution is -2.33. The van der Waals surface area contributed by atoms with Crippen LogP contribution in [0.25, 0.3) is 0 Å². The molecule has 30 heavy (non-hydrogen) atoms. The third-order valence-corrected chi connectivity index (χ3v) is 6.83. The SMILES string of the molecule is CCCCCCCCCCCCCC(CCCCCCCCC)NCCS(=O)(=O)O. The van der Waals surface area contributed by atoms with Crippen molar-refractivity contribution < 1.29 is 13.0 Å². The molecule has 1 atom stereocenters. The topological polar surface area (TPSA) is 66.4 Å². The molecule has 1 unspecified atom stereocenters. The summed E-state index contributed by atoms with van der Waals surface area (Å²) in [6, 6.07) is 0.390. The Bertz CT molecular complexity index is 440. The smallest absolute Gasteiger partial charge is 0.266 e. The van der Waals surface area contributed by atoms with Crippen LogP contribution in [0.1, 0.15) is 142 Å². The number of hydrogen-bond donors (Lipinski definition) is 2. The summed E-state index contributed by atoms with van der Waals surface area (Å²) < 4.78 is 30.9. The molecule has 0 aliphatic rings. The van der Waals surface area contributed by atoms with Crippen LogP contribution < -0.4 is 5.32 Å². The van der Waals surface area contributed by atoms with Gasteiger partial charge in [-0.3, -0.25) is 4.55 Å². The van der Waals surface area contributed by atoms with Crippen LogP contribution >= 0.6 is 0 Å². The van der Waals surface area contributed by atoms with Crippen LogP contribution in [0.2, 0.25) is 0 Å². The van der Waals surface area contributed by atoms with Gasteiger partial charge in [-0.25, -0.2) is 0 Å². The third-order valence-electron chi connectivity index (χ3n) is 6.11. The molecule has 0 aromatic rings. The Hall–Kier alpha value is -0.130. The number of unbranched alkanes of at least 4 members (excludes halogenated alkanes) is 16. The van der Waals surface area contributed by atoms with Crippen molar-refractivity contribution in [3.63, 3.8) is 0 Å². The molecule has 0 bridgehead atoms. The number of nitrogens with one attached hydrogen (secondary N) is 1. The van der Waals surface area contributed by atoms with E-state index < -0.39 is 10.1 Å². The highest BCUT2D eigenvalue weighted by molar-refractivity contribution is 7.85. The zero-order valence-corrected chi connectivity index (χ0v) is 21.1. The Labute approximate surface area is 189 Å². The summed E-state index contributed by atoms with van der Waals surface area (Å²) in [6.07, 6.45) is 26.2. The first kappa shape index (κ1) is 29.9. The molecule has 0 spiro atoms. The normalized spacial score (nSPS) is 13.0. The summed E-state index contributed by atoms with van der Waals surface area (Å²) in [4.78, 5) is 0. The van der Waals surface area contributed by atoms with Crippen LogP contribution in [0.5, 0.6) is 0 Å². The highest BCUT2D eigenvalue weighted by Gasteiger charge is 2.10. The maximum atomic E-state index is 11.0. The largest absolute Gasteiger partial charge is 0.313 e. The third kappa shape index (κ3) is 24.1. The van der Waals surface area contributed by atoms with Gasteiger partial charge in [0.25, 0.3) is 10.1 Å². The predicted molar refractivity (Wildman–Crippen MR) is 132 cm³/mol. The lowest BCUT2D eigenvalue weighted by Gasteiger charge is -2.18. The van der Waals surface area contributed by atoms with E-state index in [0.29, 0.717) is 12.6 Å². The maximum Gasteiger partial charge on any atom is 0.266 e. The minimum Gasteiger partial charge on any atom is -0.313 e. The van der Waals surface area contributed by atoms with Crippen molar-refractivity contribution in [3.8, 4) is 0 Å². The number of rotatable bonds is 24. The van der Waals surface area contributed by atoms with Gasteiger partial charge in [0.05, 0.1) is 5.75 Å². The van der Waals surface area contributed by atoms with E-state index in [0.717, 1.165) is 12.8 Å². The Kier molecular flexibility index (Phi) is 22.0. The lowest BCUT2D eigenvalue weighted by molar-refractivity contribution is 0.415. The first-order valence-corrected chi connectivity index (χ1v) is 14.8. The average Bonchev–Trinajstić information content (AvgIpc) is 2.70. The van der Waals surface area contributed by atoms with Crippen molar-refractivity contribution >= 4 is 10.1 Å². The minimum absolute atomic E-state index is 0.182. The molecule has 0 rings (SSSR count). The van der Waals surface area contributed by atoms with E-state index in [9.17, 15) is 8.42 Å². The standard InChI is InChI=1S/C25H53NO3S/c1-3-5-7-9-11-12-13-14-16-18-20-22-25(26-23-24-30(27,28)29)21-19-17-15-10-8-6-4-2/h25-26H,3-24H2,1-2H3,(H,27,28,29). The summed E-state index contributed by atoms with van der Waals surface area (Å²) in [5, 5.41) is 3.38. The molecular weight excluding hydrogens is 394 g/mol. The fourth-order valence-electron chi connectivity index (χ4n) is 4.14. The molecule has 0 aliphatic carbocycles. The molecule has 0 aromatic heterocycles. The van der Waals surface area contributed by atoms with E-state index in [4.69, 9.17) is 4.55 Å². The molecule has 0 amide bonds. The van der Waals surface area contributed by atoms with E-state index >= 15 is 0 Å². The molecular formula is C25H53NO3S. The van der Waals surface area contributed by atoms with Gasteiger partial charge in [0.15, 0.2) is 0 Å². The Morgan fingerprint density at radius 1 is 0.600 bits per heavy atom. The summed E-state index contributed by atoms with van der Waals surface area (Å²) in [7, 11) is -3.87. The van der Waals surface area contributed by atoms with Crippen LogP contribution in [0.3, 0.4) is 0 Å². The minimum atomic E-state index is -3.87. The maximum absolute atomic E-state index is 11.0. The van der Waals surface area contributed by atoms with Crippen LogP contribution in [-0.4, -0.2) is 31.3 Å². The fraction of sp³-hybridized carbons (Fsp3) is 1.00. The van der Waals surface area contributed by atoms with E-state index in [1.54, 1.807) is 0 Å². The van der Waals surface area contributed by atoms with Gasteiger partial charge in [-0.15, -0.1) is 0 Å². The average molecular weight is 448 g/mol. The van der Waals surface area contributed by atoms with Gasteiger partial charge in [0, 0.05) is 12.6 Å². The molecule has 5 heteroatoms. The van der Waals surface area contributed by atoms with Crippen molar-refractivity contribution in [2.75, 3.05) is 12.3 Å². The van der Waals surface area contributed by atoms with E-state index in [1.165, 1.54) is 116 Å². The first-order valence-electron chi connectivity index (χ1n) is 13.2. The van der Waals surface area contributed by atoms with Crippen molar-refractivity contribution in [2.24, 2.45) is 0 Å². The lowest BCUT2D eigenvalue weighted by atomic mass is 9.99. The van der Waals surface area contributed by atoms with E-state index in [2.05, 4.69) is 19.2 Å².